The fourth-order valence-corrected chi connectivity index (χ4v) is 0.855. The SMILES string of the molecule is [CH2-]COc1cccc(Cl)c1.[Co]. The van der Waals surface area contributed by atoms with Crippen LogP contribution in [0.3, 0.4) is 0 Å². The molecule has 0 bridgehead atoms. The van der Waals surface area contributed by atoms with E-state index >= 15 is 0 Å². The van der Waals surface area contributed by atoms with Gasteiger partial charge in [-0.3, -0.25) is 0 Å². The van der Waals surface area contributed by atoms with E-state index in [9.17, 15) is 0 Å². The summed E-state index contributed by atoms with van der Waals surface area (Å²) in [6, 6.07) is 7.24. The first kappa shape index (κ1) is 10.8. The van der Waals surface area contributed by atoms with Crippen molar-refractivity contribution in [3.8, 4) is 5.75 Å². The van der Waals surface area contributed by atoms with E-state index in [1.807, 2.05) is 12.1 Å². The van der Waals surface area contributed by atoms with E-state index in [4.69, 9.17) is 16.3 Å². The maximum absolute atomic E-state index is 5.68. The van der Waals surface area contributed by atoms with E-state index in [2.05, 4.69) is 6.92 Å². The molecule has 0 heterocycles. The van der Waals surface area contributed by atoms with Gasteiger partial charge in [0.1, 0.15) is 5.75 Å². The first-order valence-corrected chi connectivity index (χ1v) is 3.38. The number of hydrogen-bond acceptors (Lipinski definition) is 1. The number of ether oxygens (including phenoxy) is 1. The average Bonchev–Trinajstić information content (AvgIpc) is 1.88. The van der Waals surface area contributed by atoms with Gasteiger partial charge in [0.15, 0.2) is 0 Å². The second kappa shape index (κ2) is 5.46. The molecule has 0 aliphatic rings. The molecule has 3 heteroatoms. The zero-order valence-corrected chi connectivity index (χ0v) is 7.64. The zero-order valence-electron chi connectivity index (χ0n) is 5.84. The molecule has 0 saturated heterocycles. The average molecular weight is 215 g/mol. The fraction of sp³-hybridized carbons (Fsp3) is 0.125. The molecule has 0 aromatic heterocycles. The van der Waals surface area contributed by atoms with Crippen LogP contribution in [0.2, 0.25) is 5.02 Å². The van der Waals surface area contributed by atoms with Crippen molar-refractivity contribution in [2.24, 2.45) is 0 Å². The molecule has 63 valence electrons. The van der Waals surface area contributed by atoms with Crippen molar-refractivity contribution in [3.63, 3.8) is 0 Å². The molecule has 0 aliphatic heterocycles. The van der Waals surface area contributed by atoms with Gasteiger partial charge in [0.25, 0.3) is 0 Å². The molecular formula is C8H8ClCoO-. The van der Waals surface area contributed by atoms with Crippen LogP contribution < -0.4 is 4.74 Å². The van der Waals surface area contributed by atoms with Gasteiger partial charge in [-0.1, -0.05) is 17.7 Å². The summed E-state index contributed by atoms with van der Waals surface area (Å²) in [5, 5.41) is 0.686. The van der Waals surface area contributed by atoms with Crippen molar-refractivity contribution in [2.45, 2.75) is 0 Å². The van der Waals surface area contributed by atoms with E-state index in [0.29, 0.717) is 11.6 Å². The topological polar surface area (TPSA) is 9.23 Å². The quantitative estimate of drug-likeness (QED) is 0.688. The smallest absolute Gasteiger partial charge is 0.116 e. The largest absolute Gasteiger partial charge is 0.525 e. The van der Waals surface area contributed by atoms with Gasteiger partial charge in [-0.15, -0.1) is 0 Å². The molecular weight excluding hydrogens is 206 g/mol. The van der Waals surface area contributed by atoms with Crippen LogP contribution >= 0.6 is 11.6 Å². The molecule has 0 aliphatic carbocycles. The molecule has 1 aromatic carbocycles. The predicted octanol–water partition coefficient (Wildman–Crippen LogP) is 2.55. The van der Waals surface area contributed by atoms with Crippen LogP contribution in [0.1, 0.15) is 0 Å². The predicted molar refractivity (Wildman–Crippen MR) is 42.3 cm³/mol. The normalized spacial score (nSPS) is 8.55. The summed E-state index contributed by atoms with van der Waals surface area (Å²) >= 11 is 5.68. The summed E-state index contributed by atoms with van der Waals surface area (Å²) in [4.78, 5) is 0. The van der Waals surface area contributed by atoms with Crippen LogP contribution in [0.15, 0.2) is 24.3 Å². The Morgan fingerprint density at radius 3 is 2.73 bits per heavy atom. The van der Waals surface area contributed by atoms with Crippen molar-refractivity contribution in [2.75, 3.05) is 6.61 Å². The van der Waals surface area contributed by atoms with Gasteiger partial charge in [0.2, 0.25) is 0 Å². The molecule has 0 atom stereocenters. The number of hydrogen-bond donors (Lipinski definition) is 0. The second-order valence-corrected chi connectivity index (χ2v) is 2.24. The summed E-state index contributed by atoms with van der Waals surface area (Å²) in [7, 11) is 0. The number of rotatable bonds is 2. The summed E-state index contributed by atoms with van der Waals surface area (Å²) in [6.07, 6.45) is 0. The van der Waals surface area contributed by atoms with E-state index in [-0.39, 0.29) is 16.8 Å². The summed E-state index contributed by atoms with van der Waals surface area (Å²) in [5.74, 6) is 0.766. The van der Waals surface area contributed by atoms with Gasteiger partial charge in [-0.25, -0.2) is 0 Å². The Labute approximate surface area is 81.9 Å². The Kier molecular flexibility index (Phi) is 5.37. The molecule has 1 nitrogen and oxygen atoms in total. The summed E-state index contributed by atoms with van der Waals surface area (Å²) in [6.45, 7) is 3.98. The Balaban J connectivity index is 0.000001000. The molecule has 11 heavy (non-hydrogen) atoms. The van der Waals surface area contributed by atoms with Gasteiger partial charge in [0.05, 0.1) is 0 Å². The number of benzene rings is 1. The van der Waals surface area contributed by atoms with Crippen LogP contribution in [-0.2, 0) is 16.8 Å². The van der Waals surface area contributed by atoms with Gasteiger partial charge in [0, 0.05) is 21.8 Å². The van der Waals surface area contributed by atoms with E-state index in [1.54, 1.807) is 12.1 Å². The minimum absolute atomic E-state index is 0. The van der Waals surface area contributed by atoms with Crippen LogP contribution in [0.25, 0.3) is 0 Å². The van der Waals surface area contributed by atoms with Crippen LogP contribution in [0, 0.1) is 6.92 Å². The van der Waals surface area contributed by atoms with Crippen molar-refractivity contribution in [1.29, 1.82) is 0 Å². The minimum Gasteiger partial charge on any atom is -0.525 e. The Morgan fingerprint density at radius 1 is 1.45 bits per heavy atom. The van der Waals surface area contributed by atoms with Gasteiger partial charge >= 0.3 is 0 Å². The monoisotopic (exact) mass is 214 g/mol. The summed E-state index contributed by atoms with van der Waals surface area (Å²) < 4.78 is 5.09. The molecule has 0 unspecified atom stereocenters. The first-order chi connectivity index (χ1) is 4.83. The zero-order chi connectivity index (χ0) is 7.40. The molecule has 0 N–H and O–H groups in total. The number of halogens is 1. The molecule has 0 fully saturated rings. The standard InChI is InChI=1S/C8H8ClO.Co/c1-2-10-8-5-3-4-7(9)6-8;/h3-6H,1-2H2;/q-1;. The van der Waals surface area contributed by atoms with Gasteiger partial charge < -0.3 is 11.7 Å². The maximum Gasteiger partial charge on any atom is 0.116 e. The summed E-state index contributed by atoms with van der Waals surface area (Å²) in [5.41, 5.74) is 0. The Morgan fingerprint density at radius 2 is 2.18 bits per heavy atom. The van der Waals surface area contributed by atoms with Crippen molar-refractivity contribution in [1.82, 2.24) is 0 Å². The van der Waals surface area contributed by atoms with Crippen LogP contribution in [0.4, 0.5) is 0 Å². The van der Waals surface area contributed by atoms with E-state index in [0.717, 1.165) is 5.75 Å². The van der Waals surface area contributed by atoms with Gasteiger partial charge in [-0.2, -0.15) is 0 Å². The third kappa shape index (κ3) is 3.65. The molecule has 1 aromatic rings. The molecule has 0 amide bonds. The molecule has 1 rings (SSSR count). The first-order valence-electron chi connectivity index (χ1n) is 3.00. The van der Waals surface area contributed by atoms with E-state index < -0.39 is 0 Å². The van der Waals surface area contributed by atoms with Gasteiger partial charge in [-0.05, 0) is 24.8 Å². The third-order valence-corrected chi connectivity index (χ3v) is 1.30. The Bertz CT molecular complexity index is 215. The fourth-order valence-electron chi connectivity index (χ4n) is 0.675. The molecule has 0 spiro atoms. The van der Waals surface area contributed by atoms with E-state index in [1.165, 1.54) is 0 Å². The second-order valence-electron chi connectivity index (χ2n) is 1.81. The minimum atomic E-state index is 0. The van der Waals surface area contributed by atoms with Crippen LogP contribution in [0.5, 0.6) is 5.75 Å². The Hall–Kier alpha value is -0.184. The van der Waals surface area contributed by atoms with Crippen molar-refractivity contribution in [3.05, 3.63) is 36.2 Å². The molecule has 0 saturated carbocycles. The van der Waals surface area contributed by atoms with Crippen LogP contribution in [-0.4, -0.2) is 6.61 Å². The van der Waals surface area contributed by atoms with Crippen molar-refractivity contribution >= 4 is 11.6 Å². The third-order valence-electron chi connectivity index (χ3n) is 1.06. The maximum atomic E-state index is 5.68. The van der Waals surface area contributed by atoms with Crippen molar-refractivity contribution < 1.29 is 21.5 Å². The molecule has 1 radical (unpaired) electrons.